The molecule has 1 aromatic rings. The highest BCUT2D eigenvalue weighted by atomic mass is 16.2. The molecule has 0 bridgehead atoms. The first kappa shape index (κ1) is 15.1. The lowest BCUT2D eigenvalue weighted by molar-refractivity contribution is -0.123. The minimum absolute atomic E-state index is 0.0570. The number of nitrogens with zero attached hydrogens (tertiary/aromatic N) is 2. The molecule has 1 aromatic heterocycles. The molecule has 19 heavy (non-hydrogen) atoms. The summed E-state index contributed by atoms with van der Waals surface area (Å²) in [5.41, 5.74) is 0.196. The minimum Gasteiger partial charge on any atom is -0.350 e. The molecular weight excluding hydrogens is 242 g/mol. The molecule has 0 saturated heterocycles. The van der Waals surface area contributed by atoms with Crippen LogP contribution in [-0.2, 0) is 4.79 Å². The van der Waals surface area contributed by atoms with Crippen LogP contribution in [0.1, 0.15) is 38.1 Å². The average molecular weight is 263 g/mol. The molecule has 0 unspecified atom stereocenters. The number of nitrogens with one attached hydrogen (secondary N) is 1. The van der Waals surface area contributed by atoms with Crippen LogP contribution in [-0.4, -0.2) is 40.3 Å². The van der Waals surface area contributed by atoms with Gasteiger partial charge in [-0.2, -0.15) is 0 Å². The molecule has 0 aliphatic carbocycles. The topological polar surface area (TPSA) is 62.3 Å². The Balaban J connectivity index is 2.69. The zero-order valence-electron chi connectivity index (χ0n) is 11.9. The van der Waals surface area contributed by atoms with Crippen LogP contribution in [0.15, 0.2) is 24.5 Å². The molecule has 0 aromatic carbocycles. The summed E-state index contributed by atoms with van der Waals surface area (Å²) in [4.78, 5) is 29.4. The normalized spacial score (nSPS) is 10.9. The largest absolute Gasteiger partial charge is 0.350 e. The third-order valence-corrected chi connectivity index (χ3v) is 2.43. The second-order valence-electron chi connectivity index (χ2n) is 5.36. The van der Waals surface area contributed by atoms with Crippen molar-refractivity contribution < 1.29 is 9.59 Å². The molecule has 5 heteroatoms. The Morgan fingerprint density at radius 3 is 2.53 bits per heavy atom. The second-order valence-corrected chi connectivity index (χ2v) is 5.36. The first-order valence-corrected chi connectivity index (χ1v) is 6.34. The number of hydrogen-bond donors (Lipinski definition) is 1. The molecule has 2 amide bonds. The molecule has 104 valence electrons. The quantitative estimate of drug-likeness (QED) is 0.894. The number of rotatable bonds is 4. The van der Waals surface area contributed by atoms with E-state index >= 15 is 0 Å². The smallest absolute Gasteiger partial charge is 0.255 e. The summed E-state index contributed by atoms with van der Waals surface area (Å²) < 4.78 is 0. The van der Waals surface area contributed by atoms with Gasteiger partial charge in [0.1, 0.15) is 0 Å². The number of hydrogen-bond acceptors (Lipinski definition) is 3. The van der Waals surface area contributed by atoms with E-state index in [0.717, 1.165) is 0 Å². The van der Waals surface area contributed by atoms with E-state index in [9.17, 15) is 9.59 Å². The Bertz CT molecular complexity index is 438. The van der Waals surface area contributed by atoms with Crippen LogP contribution in [0.5, 0.6) is 0 Å². The third kappa shape index (κ3) is 5.07. The van der Waals surface area contributed by atoms with Crippen molar-refractivity contribution in [3.63, 3.8) is 0 Å². The van der Waals surface area contributed by atoms with Gasteiger partial charge in [-0.1, -0.05) is 0 Å². The van der Waals surface area contributed by atoms with Crippen LogP contribution < -0.4 is 5.32 Å². The highest BCUT2D eigenvalue weighted by Crippen LogP contribution is 2.04. The predicted octanol–water partition coefficient (Wildman–Crippen LogP) is 1.46. The van der Waals surface area contributed by atoms with Gasteiger partial charge < -0.3 is 10.2 Å². The zero-order valence-corrected chi connectivity index (χ0v) is 11.9. The van der Waals surface area contributed by atoms with Crippen LogP contribution in [0.25, 0.3) is 0 Å². The molecule has 0 fully saturated rings. The van der Waals surface area contributed by atoms with Crippen molar-refractivity contribution in [2.75, 3.05) is 13.1 Å². The Morgan fingerprint density at radius 2 is 2.05 bits per heavy atom. The van der Waals surface area contributed by atoms with E-state index in [1.807, 2.05) is 27.7 Å². The van der Waals surface area contributed by atoms with Crippen molar-refractivity contribution in [2.24, 2.45) is 0 Å². The van der Waals surface area contributed by atoms with Gasteiger partial charge >= 0.3 is 0 Å². The number of aromatic nitrogens is 1. The Hall–Kier alpha value is -1.91. The summed E-state index contributed by atoms with van der Waals surface area (Å²) in [6.45, 7) is 8.10. The van der Waals surface area contributed by atoms with Gasteiger partial charge in [0, 0.05) is 24.5 Å². The molecule has 1 heterocycles. The summed E-state index contributed by atoms with van der Waals surface area (Å²) in [7, 11) is 0. The van der Waals surface area contributed by atoms with Gasteiger partial charge in [0.25, 0.3) is 5.91 Å². The average Bonchev–Trinajstić information content (AvgIpc) is 2.34. The molecular formula is C14H21N3O2. The van der Waals surface area contributed by atoms with E-state index in [-0.39, 0.29) is 23.9 Å². The van der Waals surface area contributed by atoms with Crippen molar-refractivity contribution in [2.45, 2.75) is 33.2 Å². The van der Waals surface area contributed by atoms with E-state index in [4.69, 9.17) is 0 Å². The summed E-state index contributed by atoms with van der Waals surface area (Å²) in [6, 6.07) is 3.40. The first-order valence-electron chi connectivity index (χ1n) is 6.34. The van der Waals surface area contributed by atoms with Crippen molar-refractivity contribution in [1.29, 1.82) is 0 Å². The van der Waals surface area contributed by atoms with Crippen LogP contribution in [0, 0.1) is 0 Å². The van der Waals surface area contributed by atoms with Gasteiger partial charge in [0.2, 0.25) is 5.91 Å². The van der Waals surface area contributed by atoms with E-state index < -0.39 is 0 Å². The summed E-state index contributed by atoms with van der Waals surface area (Å²) >= 11 is 0. The maximum Gasteiger partial charge on any atom is 0.255 e. The van der Waals surface area contributed by atoms with Crippen molar-refractivity contribution in [3.05, 3.63) is 30.1 Å². The van der Waals surface area contributed by atoms with Crippen molar-refractivity contribution >= 4 is 11.8 Å². The number of carbonyl (C=O) groups is 2. The lowest BCUT2D eigenvalue weighted by atomic mass is 10.1. The zero-order chi connectivity index (χ0) is 14.5. The van der Waals surface area contributed by atoms with Gasteiger partial charge in [-0.25, -0.2) is 0 Å². The van der Waals surface area contributed by atoms with Crippen LogP contribution in [0.3, 0.4) is 0 Å². The standard InChI is InChI=1S/C14H21N3O2/c1-5-17(10-12(18)16-14(2,3)4)13(19)11-7-6-8-15-9-11/h6-9H,5,10H2,1-4H3,(H,16,18). The lowest BCUT2D eigenvalue weighted by Crippen LogP contribution is -2.47. The molecule has 0 spiro atoms. The summed E-state index contributed by atoms with van der Waals surface area (Å²) in [5, 5.41) is 2.84. The highest BCUT2D eigenvalue weighted by Gasteiger charge is 2.20. The fourth-order valence-corrected chi connectivity index (χ4v) is 1.63. The van der Waals surface area contributed by atoms with Gasteiger partial charge in [-0.15, -0.1) is 0 Å². The van der Waals surface area contributed by atoms with Crippen LogP contribution >= 0.6 is 0 Å². The van der Waals surface area contributed by atoms with Gasteiger partial charge in [0.05, 0.1) is 12.1 Å². The molecule has 0 aliphatic rings. The molecule has 1 N–H and O–H groups in total. The Labute approximate surface area is 114 Å². The summed E-state index contributed by atoms with van der Waals surface area (Å²) in [6.07, 6.45) is 3.12. The van der Waals surface area contributed by atoms with Crippen LogP contribution in [0.4, 0.5) is 0 Å². The fourth-order valence-electron chi connectivity index (χ4n) is 1.63. The number of pyridine rings is 1. The van der Waals surface area contributed by atoms with E-state index in [0.29, 0.717) is 12.1 Å². The molecule has 0 aliphatic heterocycles. The van der Waals surface area contributed by atoms with Gasteiger partial charge in [0.15, 0.2) is 0 Å². The van der Waals surface area contributed by atoms with E-state index in [1.54, 1.807) is 18.3 Å². The van der Waals surface area contributed by atoms with Gasteiger partial charge in [-0.05, 0) is 39.8 Å². The summed E-state index contributed by atoms with van der Waals surface area (Å²) in [5.74, 6) is -0.341. The second kappa shape index (κ2) is 6.31. The van der Waals surface area contributed by atoms with E-state index in [1.165, 1.54) is 11.1 Å². The Morgan fingerprint density at radius 1 is 1.37 bits per heavy atom. The van der Waals surface area contributed by atoms with Crippen molar-refractivity contribution in [1.82, 2.24) is 15.2 Å². The highest BCUT2D eigenvalue weighted by molar-refractivity contribution is 5.96. The maximum atomic E-state index is 12.2. The SMILES string of the molecule is CCN(CC(=O)NC(C)(C)C)C(=O)c1cccnc1. The fraction of sp³-hybridized carbons (Fsp3) is 0.500. The molecule has 1 rings (SSSR count). The van der Waals surface area contributed by atoms with Crippen LogP contribution in [0.2, 0.25) is 0 Å². The molecule has 0 radical (unpaired) electrons. The minimum atomic E-state index is -0.298. The first-order chi connectivity index (χ1) is 8.83. The lowest BCUT2D eigenvalue weighted by Gasteiger charge is -2.25. The monoisotopic (exact) mass is 263 g/mol. The Kier molecular flexibility index (Phi) is 5.03. The number of carbonyl (C=O) groups excluding carboxylic acids is 2. The molecule has 5 nitrogen and oxygen atoms in total. The maximum absolute atomic E-state index is 12.2. The number of amides is 2. The number of likely N-dealkylation sites (N-methyl/N-ethyl adjacent to an activating group) is 1. The molecule has 0 atom stereocenters. The van der Waals surface area contributed by atoms with E-state index in [2.05, 4.69) is 10.3 Å². The predicted molar refractivity (Wildman–Crippen MR) is 73.7 cm³/mol. The van der Waals surface area contributed by atoms with Gasteiger partial charge in [-0.3, -0.25) is 14.6 Å². The van der Waals surface area contributed by atoms with Crippen molar-refractivity contribution in [3.8, 4) is 0 Å². The third-order valence-electron chi connectivity index (χ3n) is 2.43. The molecule has 0 saturated carbocycles.